The van der Waals surface area contributed by atoms with Crippen LogP contribution in [0.3, 0.4) is 0 Å². The van der Waals surface area contributed by atoms with Gasteiger partial charge >= 0.3 is 0 Å². The molecule has 1 fully saturated rings. The second-order valence-corrected chi connectivity index (χ2v) is 5.40. The molecule has 0 saturated carbocycles. The lowest BCUT2D eigenvalue weighted by atomic mass is 10.1. The van der Waals surface area contributed by atoms with Gasteiger partial charge in [0.1, 0.15) is 5.82 Å². The molecule has 2 rings (SSSR count). The lowest BCUT2D eigenvalue weighted by Crippen LogP contribution is -2.34. The standard InChI is InChI=1S/C15H19FN2O2/c1-10(2)18-9-11(7-14(18)19)8-17-15(20)12-5-3-4-6-13(12)16/h3-6,10-11H,7-9H2,1-2H3,(H,17,20). The first-order valence-electron chi connectivity index (χ1n) is 6.81. The average molecular weight is 278 g/mol. The quantitative estimate of drug-likeness (QED) is 0.913. The summed E-state index contributed by atoms with van der Waals surface area (Å²) in [4.78, 5) is 25.4. The SMILES string of the molecule is CC(C)N1CC(CNC(=O)c2ccccc2F)CC1=O. The van der Waals surface area contributed by atoms with Gasteiger partial charge in [-0.3, -0.25) is 9.59 Å². The zero-order valence-corrected chi connectivity index (χ0v) is 11.7. The molecule has 1 atom stereocenters. The molecule has 20 heavy (non-hydrogen) atoms. The minimum atomic E-state index is -0.531. The molecule has 0 aromatic heterocycles. The Morgan fingerprint density at radius 1 is 1.45 bits per heavy atom. The van der Waals surface area contributed by atoms with Gasteiger partial charge in [0.15, 0.2) is 0 Å². The number of hydrogen-bond acceptors (Lipinski definition) is 2. The van der Waals surface area contributed by atoms with Gasteiger partial charge in [-0.25, -0.2) is 4.39 Å². The fourth-order valence-corrected chi connectivity index (χ4v) is 2.42. The Morgan fingerprint density at radius 3 is 2.75 bits per heavy atom. The van der Waals surface area contributed by atoms with Crippen LogP contribution in [0.4, 0.5) is 4.39 Å². The maximum Gasteiger partial charge on any atom is 0.254 e. The van der Waals surface area contributed by atoms with Gasteiger partial charge in [-0.05, 0) is 26.0 Å². The number of nitrogens with zero attached hydrogens (tertiary/aromatic N) is 1. The van der Waals surface area contributed by atoms with Crippen LogP contribution >= 0.6 is 0 Å². The third kappa shape index (κ3) is 3.15. The van der Waals surface area contributed by atoms with Crippen molar-refractivity contribution in [3.63, 3.8) is 0 Å². The Balaban J connectivity index is 1.89. The fraction of sp³-hybridized carbons (Fsp3) is 0.467. The van der Waals surface area contributed by atoms with Crippen LogP contribution in [0.2, 0.25) is 0 Å². The maximum atomic E-state index is 13.4. The molecule has 1 unspecified atom stereocenters. The van der Waals surface area contributed by atoms with Gasteiger partial charge in [0, 0.05) is 31.5 Å². The van der Waals surface area contributed by atoms with Crippen molar-refractivity contribution in [1.29, 1.82) is 0 Å². The maximum absolute atomic E-state index is 13.4. The summed E-state index contributed by atoms with van der Waals surface area (Å²) in [6.07, 6.45) is 0.440. The Bertz CT molecular complexity index is 516. The number of rotatable bonds is 4. The van der Waals surface area contributed by atoms with E-state index in [1.165, 1.54) is 12.1 Å². The van der Waals surface area contributed by atoms with Crippen LogP contribution in [0.5, 0.6) is 0 Å². The van der Waals surface area contributed by atoms with E-state index in [0.29, 0.717) is 19.5 Å². The molecule has 1 aromatic rings. The summed E-state index contributed by atoms with van der Waals surface area (Å²) in [5.74, 6) is -0.749. The number of likely N-dealkylation sites (tertiary alicyclic amines) is 1. The molecule has 108 valence electrons. The molecule has 1 N–H and O–H groups in total. The molecule has 1 aliphatic heterocycles. The van der Waals surface area contributed by atoms with Crippen LogP contribution < -0.4 is 5.32 Å². The topological polar surface area (TPSA) is 49.4 Å². The molecule has 0 bridgehead atoms. The van der Waals surface area contributed by atoms with Crippen molar-refractivity contribution in [1.82, 2.24) is 10.2 Å². The molecule has 0 radical (unpaired) electrons. The van der Waals surface area contributed by atoms with Gasteiger partial charge < -0.3 is 10.2 Å². The lowest BCUT2D eigenvalue weighted by Gasteiger charge is -2.21. The second kappa shape index (κ2) is 6.03. The van der Waals surface area contributed by atoms with Crippen molar-refractivity contribution in [3.8, 4) is 0 Å². The first kappa shape index (κ1) is 14.5. The number of carbonyl (C=O) groups excluding carboxylic acids is 2. The molecular weight excluding hydrogens is 259 g/mol. The summed E-state index contributed by atoms with van der Waals surface area (Å²) in [7, 11) is 0. The number of benzene rings is 1. The Morgan fingerprint density at radius 2 is 2.15 bits per heavy atom. The number of nitrogens with one attached hydrogen (secondary N) is 1. The van der Waals surface area contributed by atoms with Gasteiger partial charge in [0.2, 0.25) is 5.91 Å². The summed E-state index contributed by atoms with van der Waals surface area (Å²) >= 11 is 0. The van der Waals surface area contributed by atoms with E-state index >= 15 is 0 Å². The van der Waals surface area contributed by atoms with E-state index < -0.39 is 11.7 Å². The largest absolute Gasteiger partial charge is 0.352 e. The van der Waals surface area contributed by atoms with Gasteiger partial charge in [0.05, 0.1) is 5.56 Å². The predicted octanol–water partition coefficient (Wildman–Crippen LogP) is 1.81. The van der Waals surface area contributed by atoms with Crippen LogP contribution in [-0.4, -0.2) is 35.8 Å². The third-order valence-electron chi connectivity index (χ3n) is 3.53. The molecule has 4 nitrogen and oxygen atoms in total. The summed E-state index contributed by atoms with van der Waals surface area (Å²) in [6.45, 7) is 4.98. The highest BCUT2D eigenvalue weighted by atomic mass is 19.1. The van der Waals surface area contributed by atoms with Crippen molar-refractivity contribution in [2.75, 3.05) is 13.1 Å². The van der Waals surface area contributed by atoms with E-state index in [9.17, 15) is 14.0 Å². The number of hydrogen-bond donors (Lipinski definition) is 1. The average Bonchev–Trinajstić information content (AvgIpc) is 2.78. The summed E-state index contributed by atoms with van der Waals surface area (Å²) in [5.41, 5.74) is 0.0394. The van der Waals surface area contributed by atoms with Crippen molar-refractivity contribution < 1.29 is 14.0 Å². The molecule has 0 aliphatic carbocycles. The van der Waals surface area contributed by atoms with Crippen LogP contribution in [0.1, 0.15) is 30.6 Å². The fourth-order valence-electron chi connectivity index (χ4n) is 2.42. The smallest absolute Gasteiger partial charge is 0.254 e. The molecule has 1 aliphatic rings. The zero-order chi connectivity index (χ0) is 14.7. The van der Waals surface area contributed by atoms with Crippen LogP contribution in [0.15, 0.2) is 24.3 Å². The van der Waals surface area contributed by atoms with E-state index in [-0.39, 0.29) is 23.4 Å². The molecule has 5 heteroatoms. The second-order valence-electron chi connectivity index (χ2n) is 5.40. The summed E-state index contributed by atoms with van der Waals surface area (Å²) in [6, 6.07) is 6.05. The molecule has 1 saturated heterocycles. The van der Waals surface area contributed by atoms with Crippen LogP contribution in [-0.2, 0) is 4.79 Å². The minimum absolute atomic E-state index is 0.0394. The molecule has 0 spiro atoms. The van der Waals surface area contributed by atoms with E-state index in [0.717, 1.165) is 0 Å². The minimum Gasteiger partial charge on any atom is -0.352 e. The van der Waals surface area contributed by atoms with Crippen molar-refractivity contribution in [3.05, 3.63) is 35.6 Å². The normalized spacial score (nSPS) is 18.7. The first-order valence-corrected chi connectivity index (χ1v) is 6.81. The Kier molecular flexibility index (Phi) is 4.37. The number of amides is 2. The molecular formula is C15H19FN2O2. The zero-order valence-electron chi connectivity index (χ0n) is 11.7. The Labute approximate surface area is 118 Å². The highest BCUT2D eigenvalue weighted by Crippen LogP contribution is 2.19. The van der Waals surface area contributed by atoms with Crippen LogP contribution in [0, 0.1) is 11.7 Å². The van der Waals surface area contributed by atoms with E-state index in [1.54, 1.807) is 17.0 Å². The predicted molar refractivity (Wildman–Crippen MR) is 73.7 cm³/mol. The highest BCUT2D eigenvalue weighted by molar-refractivity contribution is 5.94. The Hall–Kier alpha value is -1.91. The van der Waals surface area contributed by atoms with Crippen molar-refractivity contribution in [2.45, 2.75) is 26.3 Å². The van der Waals surface area contributed by atoms with E-state index in [4.69, 9.17) is 0 Å². The van der Waals surface area contributed by atoms with Gasteiger partial charge in [0.25, 0.3) is 5.91 Å². The van der Waals surface area contributed by atoms with Crippen molar-refractivity contribution >= 4 is 11.8 Å². The number of carbonyl (C=O) groups is 2. The molecule has 1 heterocycles. The van der Waals surface area contributed by atoms with Gasteiger partial charge in [-0.15, -0.1) is 0 Å². The number of halogens is 1. The highest BCUT2D eigenvalue weighted by Gasteiger charge is 2.31. The van der Waals surface area contributed by atoms with Crippen molar-refractivity contribution in [2.24, 2.45) is 5.92 Å². The van der Waals surface area contributed by atoms with E-state index in [2.05, 4.69) is 5.32 Å². The monoisotopic (exact) mass is 278 g/mol. The van der Waals surface area contributed by atoms with Crippen LogP contribution in [0.25, 0.3) is 0 Å². The van der Waals surface area contributed by atoms with E-state index in [1.807, 2.05) is 13.8 Å². The molecule has 1 aromatic carbocycles. The third-order valence-corrected chi connectivity index (χ3v) is 3.53. The lowest BCUT2D eigenvalue weighted by molar-refractivity contribution is -0.129. The molecule has 2 amide bonds. The first-order chi connectivity index (χ1) is 9.49. The summed E-state index contributed by atoms with van der Waals surface area (Å²) < 4.78 is 13.4. The summed E-state index contributed by atoms with van der Waals surface area (Å²) in [5, 5.41) is 2.70. The van der Waals surface area contributed by atoms with Gasteiger partial charge in [-0.1, -0.05) is 12.1 Å². The van der Waals surface area contributed by atoms with Gasteiger partial charge in [-0.2, -0.15) is 0 Å².